The van der Waals surface area contributed by atoms with Crippen LogP contribution in [0.1, 0.15) is 20.8 Å². The minimum atomic E-state index is -0.885. The lowest BCUT2D eigenvalue weighted by Crippen LogP contribution is -2.45. The number of methoxy groups -OCH3 is 1. The van der Waals surface area contributed by atoms with Crippen molar-refractivity contribution >= 4 is 29.7 Å². The van der Waals surface area contributed by atoms with Gasteiger partial charge in [0.05, 0.1) is 12.9 Å². The largest absolute Gasteiger partial charge is 0.467 e. The number of hydrogen-bond acceptors (Lipinski definition) is 6. The van der Waals surface area contributed by atoms with Crippen LogP contribution in [0.3, 0.4) is 0 Å². The van der Waals surface area contributed by atoms with Gasteiger partial charge < -0.3 is 20.5 Å². The summed E-state index contributed by atoms with van der Waals surface area (Å²) in [5, 5.41) is 2.39. The molecule has 110 valence electrons. The third kappa shape index (κ3) is 9.18. The summed E-state index contributed by atoms with van der Waals surface area (Å²) < 4.78 is 9.59. The van der Waals surface area contributed by atoms with Gasteiger partial charge in [0.15, 0.2) is 0 Å². The molecule has 0 bridgehead atoms. The molecule has 0 aliphatic carbocycles. The molecule has 2 amide bonds. The van der Waals surface area contributed by atoms with Crippen LogP contribution in [0.25, 0.3) is 0 Å². The Bertz CT molecular complexity index is 340. The topological polar surface area (TPSA) is 108 Å². The van der Waals surface area contributed by atoms with Gasteiger partial charge in [-0.1, -0.05) is 0 Å². The quantitative estimate of drug-likeness (QED) is 0.680. The standard InChI is InChI=1S/C11H20N2O5S/c1-11(2,3)18-10(16)13-7(9(15)17-4)5-19-6-8(12)14/h7H,5-6H2,1-4H3,(H2,12,14)(H,13,16). The average Bonchev–Trinajstić information content (AvgIpc) is 2.23. The molecule has 1 atom stereocenters. The van der Waals surface area contributed by atoms with E-state index < -0.39 is 29.6 Å². The van der Waals surface area contributed by atoms with Crippen LogP contribution < -0.4 is 11.1 Å². The van der Waals surface area contributed by atoms with Gasteiger partial charge in [-0.2, -0.15) is 0 Å². The van der Waals surface area contributed by atoms with Crippen LogP contribution in [-0.2, 0) is 19.1 Å². The van der Waals surface area contributed by atoms with Gasteiger partial charge in [0.1, 0.15) is 11.6 Å². The van der Waals surface area contributed by atoms with E-state index in [1.807, 2.05) is 0 Å². The molecule has 19 heavy (non-hydrogen) atoms. The zero-order chi connectivity index (χ0) is 15.1. The molecule has 0 heterocycles. The van der Waals surface area contributed by atoms with Crippen molar-refractivity contribution in [2.24, 2.45) is 5.73 Å². The van der Waals surface area contributed by atoms with Crippen molar-refractivity contribution < 1.29 is 23.9 Å². The molecule has 0 aliphatic heterocycles. The van der Waals surface area contributed by atoms with Gasteiger partial charge in [-0.05, 0) is 20.8 Å². The van der Waals surface area contributed by atoms with Crippen LogP contribution in [0.5, 0.6) is 0 Å². The lowest BCUT2D eigenvalue weighted by Gasteiger charge is -2.22. The van der Waals surface area contributed by atoms with E-state index in [1.54, 1.807) is 20.8 Å². The number of carbonyl (C=O) groups is 3. The summed E-state index contributed by atoms with van der Waals surface area (Å²) in [7, 11) is 1.21. The molecule has 0 saturated heterocycles. The molecule has 0 radical (unpaired) electrons. The van der Waals surface area contributed by atoms with Crippen molar-refractivity contribution in [2.75, 3.05) is 18.6 Å². The maximum atomic E-state index is 11.5. The number of nitrogens with two attached hydrogens (primary N) is 1. The molecular weight excluding hydrogens is 272 g/mol. The first-order valence-corrected chi connectivity index (χ1v) is 6.74. The molecule has 0 rings (SSSR count). The Labute approximate surface area is 116 Å². The summed E-state index contributed by atoms with van der Waals surface area (Å²) >= 11 is 1.13. The molecule has 0 fully saturated rings. The van der Waals surface area contributed by atoms with Gasteiger partial charge in [0.25, 0.3) is 0 Å². The molecular formula is C11H20N2O5S. The van der Waals surface area contributed by atoms with E-state index in [4.69, 9.17) is 10.5 Å². The van der Waals surface area contributed by atoms with E-state index in [0.717, 1.165) is 11.8 Å². The second-order valence-corrected chi connectivity index (χ2v) is 5.73. The fourth-order valence-electron chi connectivity index (χ4n) is 1.04. The molecule has 1 unspecified atom stereocenters. The van der Waals surface area contributed by atoms with E-state index >= 15 is 0 Å². The van der Waals surface area contributed by atoms with Crippen molar-refractivity contribution in [2.45, 2.75) is 32.4 Å². The average molecular weight is 292 g/mol. The van der Waals surface area contributed by atoms with Crippen molar-refractivity contribution in [1.82, 2.24) is 5.32 Å². The number of primary amides is 1. The molecule has 0 aromatic carbocycles. The van der Waals surface area contributed by atoms with Gasteiger partial charge in [-0.3, -0.25) is 4.79 Å². The first-order chi connectivity index (χ1) is 8.65. The fourth-order valence-corrected chi connectivity index (χ4v) is 1.81. The zero-order valence-corrected chi connectivity index (χ0v) is 12.3. The smallest absolute Gasteiger partial charge is 0.408 e. The Morgan fingerprint density at radius 2 is 1.89 bits per heavy atom. The van der Waals surface area contributed by atoms with Gasteiger partial charge in [-0.25, -0.2) is 9.59 Å². The Balaban J connectivity index is 4.39. The van der Waals surface area contributed by atoms with Gasteiger partial charge in [-0.15, -0.1) is 11.8 Å². The summed E-state index contributed by atoms with van der Waals surface area (Å²) in [6.07, 6.45) is -0.720. The van der Waals surface area contributed by atoms with Crippen molar-refractivity contribution in [3.63, 3.8) is 0 Å². The number of hydrogen-bond donors (Lipinski definition) is 2. The highest BCUT2D eigenvalue weighted by atomic mass is 32.2. The Morgan fingerprint density at radius 3 is 2.32 bits per heavy atom. The Hall–Kier alpha value is -1.44. The predicted molar refractivity (Wildman–Crippen MR) is 71.7 cm³/mol. The van der Waals surface area contributed by atoms with E-state index in [2.05, 4.69) is 10.1 Å². The van der Waals surface area contributed by atoms with Crippen molar-refractivity contribution in [3.05, 3.63) is 0 Å². The van der Waals surface area contributed by atoms with E-state index in [9.17, 15) is 14.4 Å². The highest BCUT2D eigenvalue weighted by molar-refractivity contribution is 8.00. The maximum Gasteiger partial charge on any atom is 0.408 e. The number of carbonyl (C=O) groups excluding carboxylic acids is 3. The minimum Gasteiger partial charge on any atom is -0.467 e. The fraction of sp³-hybridized carbons (Fsp3) is 0.727. The molecule has 0 aliphatic rings. The molecule has 8 heteroatoms. The summed E-state index contributed by atoms with van der Waals surface area (Å²) in [6, 6.07) is -0.885. The van der Waals surface area contributed by atoms with Gasteiger partial charge >= 0.3 is 12.1 Å². The number of alkyl carbamates (subject to hydrolysis) is 1. The van der Waals surface area contributed by atoms with Crippen LogP contribution in [0, 0.1) is 0 Å². The number of amides is 2. The molecule has 0 saturated carbocycles. The molecule has 7 nitrogen and oxygen atoms in total. The number of ether oxygens (including phenoxy) is 2. The summed E-state index contributed by atoms with van der Waals surface area (Å²) in [6.45, 7) is 5.13. The highest BCUT2D eigenvalue weighted by Crippen LogP contribution is 2.08. The number of thioether (sulfide) groups is 1. The predicted octanol–water partition coefficient (Wildman–Crippen LogP) is 0.271. The molecule has 0 aromatic heterocycles. The van der Waals surface area contributed by atoms with E-state index in [1.165, 1.54) is 7.11 Å². The SMILES string of the molecule is COC(=O)C(CSCC(N)=O)NC(=O)OC(C)(C)C. The Morgan fingerprint density at radius 1 is 1.32 bits per heavy atom. The third-order valence-electron chi connectivity index (χ3n) is 1.71. The summed E-state index contributed by atoms with van der Waals surface area (Å²) in [5.74, 6) is -0.869. The summed E-state index contributed by atoms with van der Waals surface area (Å²) in [4.78, 5) is 33.6. The van der Waals surface area contributed by atoms with Gasteiger partial charge in [0, 0.05) is 5.75 Å². The van der Waals surface area contributed by atoms with Crippen LogP contribution in [0.15, 0.2) is 0 Å². The first kappa shape index (κ1) is 17.6. The summed E-state index contributed by atoms with van der Waals surface area (Å²) in [5.41, 5.74) is 4.32. The Kier molecular flexibility index (Phi) is 7.28. The second-order valence-electron chi connectivity index (χ2n) is 4.70. The second kappa shape index (κ2) is 7.88. The minimum absolute atomic E-state index is 0.0590. The monoisotopic (exact) mass is 292 g/mol. The van der Waals surface area contributed by atoms with Crippen LogP contribution in [0.2, 0.25) is 0 Å². The van der Waals surface area contributed by atoms with Crippen molar-refractivity contribution in [3.8, 4) is 0 Å². The molecule has 0 spiro atoms. The van der Waals surface area contributed by atoms with Gasteiger partial charge in [0.2, 0.25) is 5.91 Å². The molecule has 3 N–H and O–H groups in total. The lowest BCUT2D eigenvalue weighted by atomic mass is 10.2. The maximum absolute atomic E-state index is 11.5. The molecule has 0 aromatic rings. The third-order valence-corrected chi connectivity index (χ3v) is 2.76. The van der Waals surface area contributed by atoms with Crippen molar-refractivity contribution in [1.29, 1.82) is 0 Å². The lowest BCUT2D eigenvalue weighted by molar-refractivity contribution is -0.142. The number of rotatable bonds is 6. The normalized spacial score (nSPS) is 12.4. The number of nitrogens with one attached hydrogen (secondary N) is 1. The van der Waals surface area contributed by atoms with Crippen LogP contribution in [0.4, 0.5) is 4.79 Å². The zero-order valence-electron chi connectivity index (χ0n) is 11.5. The van der Waals surface area contributed by atoms with Crippen LogP contribution >= 0.6 is 11.8 Å². The van der Waals surface area contributed by atoms with E-state index in [-0.39, 0.29) is 11.5 Å². The van der Waals surface area contributed by atoms with Crippen LogP contribution in [-0.4, -0.2) is 48.2 Å². The number of esters is 1. The first-order valence-electron chi connectivity index (χ1n) is 5.59. The van der Waals surface area contributed by atoms with E-state index in [0.29, 0.717) is 0 Å². The highest BCUT2D eigenvalue weighted by Gasteiger charge is 2.25.